The molecule has 0 radical (unpaired) electrons. The zero-order valence-corrected chi connectivity index (χ0v) is 16.2. The standard InChI is InChI=1S/C22H27N3O3/c1-28-19-8-6-16(7-9-19)21(26)15-24-12-10-18(11-13-24)25-14-17-4-2-3-5-20(17)23-22(25)27/h2-9,18,21,26H,10-15H2,1H3,(H,23,27)/t21-/m0/s1. The summed E-state index contributed by atoms with van der Waals surface area (Å²) in [4.78, 5) is 16.7. The first kappa shape index (κ1) is 18.8. The average Bonchev–Trinajstić information content (AvgIpc) is 2.74. The minimum Gasteiger partial charge on any atom is -0.497 e. The van der Waals surface area contributed by atoms with Gasteiger partial charge in [-0.05, 0) is 42.2 Å². The van der Waals surface area contributed by atoms with Gasteiger partial charge < -0.3 is 25.0 Å². The van der Waals surface area contributed by atoms with Crippen molar-refractivity contribution in [3.8, 4) is 5.75 Å². The van der Waals surface area contributed by atoms with Gasteiger partial charge in [-0.15, -0.1) is 0 Å². The molecule has 2 N–H and O–H groups in total. The molecule has 0 saturated carbocycles. The Labute approximate surface area is 165 Å². The van der Waals surface area contributed by atoms with E-state index in [0.717, 1.165) is 42.9 Å². The number of para-hydroxylation sites is 1. The molecule has 6 heteroatoms. The van der Waals surface area contributed by atoms with Gasteiger partial charge in [0.25, 0.3) is 0 Å². The fourth-order valence-corrected chi connectivity index (χ4v) is 4.11. The summed E-state index contributed by atoms with van der Waals surface area (Å²) in [6, 6.07) is 15.8. The van der Waals surface area contributed by atoms with Gasteiger partial charge in [0.2, 0.25) is 0 Å². The van der Waals surface area contributed by atoms with Gasteiger partial charge in [0.1, 0.15) is 5.75 Å². The van der Waals surface area contributed by atoms with E-state index in [2.05, 4.69) is 16.3 Å². The number of rotatable bonds is 5. The van der Waals surface area contributed by atoms with Crippen molar-refractivity contribution < 1.29 is 14.6 Å². The third-order valence-electron chi connectivity index (χ3n) is 5.79. The van der Waals surface area contributed by atoms with Crippen molar-refractivity contribution in [2.45, 2.75) is 31.5 Å². The Morgan fingerprint density at radius 3 is 2.57 bits per heavy atom. The van der Waals surface area contributed by atoms with Gasteiger partial charge in [-0.25, -0.2) is 4.79 Å². The number of hydrogen-bond acceptors (Lipinski definition) is 4. The fourth-order valence-electron chi connectivity index (χ4n) is 4.11. The Morgan fingerprint density at radius 1 is 1.14 bits per heavy atom. The maximum atomic E-state index is 12.5. The molecular formula is C22H27N3O3. The van der Waals surface area contributed by atoms with Crippen LogP contribution < -0.4 is 10.1 Å². The first-order valence-electron chi connectivity index (χ1n) is 9.84. The Balaban J connectivity index is 1.31. The fraction of sp³-hybridized carbons (Fsp3) is 0.409. The minimum absolute atomic E-state index is 0.00424. The molecule has 148 valence electrons. The highest BCUT2D eigenvalue weighted by Crippen LogP contribution is 2.28. The molecule has 0 aliphatic carbocycles. The molecule has 2 aliphatic heterocycles. The molecule has 6 nitrogen and oxygen atoms in total. The van der Waals surface area contributed by atoms with E-state index >= 15 is 0 Å². The van der Waals surface area contributed by atoms with Crippen LogP contribution in [0.15, 0.2) is 48.5 Å². The molecule has 2 aliphatic rings. The molecule has 2 heterocycles. The van der Waals surface area contributed by atoms with E-state index < -0.39 is 6.10 Å². The second-order valence-electron chi connectivity index (χ2n) is 7.54. The molecule has 28 heavy (non-hydrogen) atoms. The van der Waals surface area contributed by atoms with Crippen molar-refractivity contribution >= 4 is 11.7 Å². The maximum Gasteiger partial charge on any atom is 0.322 e. The van der Waals surface area contributed by atoms with Crippen LogP contribution in [0.3, 0.4) is 0 Å². The van der Waals surface area contributed by atoms with Crippen molar-refractivity contribution in [3.63, 3.8) is 0 Å². The smallest absolute Gasteiger partial charge is 0.322 e. The number of benzene rings is 2. The summed E-state index contributed by atoms with van der Waals surface area (Å²) in [6.45, 7) is 3.03. The van der Waals surface area contributed by atoms with Crippen LogP contribution in [0.1, 0.15) is 30.1 Å². The van der Waals surface area contributed by atoms with Crippen molar-refractivity contribution in [1.29, 1.82) is 0 Å². The first-order chi connectivity index (χ1) is 13.6. The molecule has 2 amide bonds. The molecule has 0 unspecified atom stereocenters. The number of aliphatic hydroxyl groups excluding tert-OH is 1. The van der Waals surface area contributed by atoms with Crippen LogP contribution in [0.25, 0.3) is 0 Å². The lowest BCUT2D eigenvalue weighted by atomic mass is 10.00. The maximum absolute atomic E-state index is 12.5. The number of nitrogens with zero attached hydrogens (tertiary/aromatic N) is 2. The van der Waals surface area contributed by atoms with Gasteiger partial charge in [0, 0.05) is 37.9 Å². The van der Waals surface area contributed by atoms with Crippen molar-refractivity contribution in [3.05, 3.63) is 59.7 Å². The van der Waals surface area contributed by atoms with Gasteiger partial charge in [-0.3, -0.25) is 0 Å². The quantitative estimate of drug-likeness (QED) is 0.835. The van der Waals surface area contributed by atoms with E-state index in [-0.39, 0.29) is 12.1 Å². The van der Waals surface area contributed by atoms with Gasteiger partial charge in [0.15, 0.2) is 0 Å². The summed E-state index contributed by atoms with van der Waals surface area (Å²) in [5, 5.41) is 13.5. The number of ether oxygens (including phenoxy) is 1. The van der Waals surface area contributed by atoms with Crippen LogP contribution in [0.2, 0.25) is 0 Å². The number of nitrogens with one attached hydrogen (secondary N) is 1. The normalized spacial score (nSPS) is 19.1. The van der Waals surface area contributed by atoms with Crippen molar-refractivity contribution in [2.75, 3.05) is 32.1 Å². The molecule has 0 spiro atoms. The van der Waals surface area contributed by atoms with Crippen LogP contribution in [-0.4, -0.2) is 53.7 Å². The number of β-amino-alcohol motifs (C(OH)–C–C–N with tert-alkyl or cyclic N) is 1. The number of piperidine rings is 1. The Hall–Kier alpha value is -2.57. The molecule has 0 bridgehead atoms. The third-order valence-corrected chi connectivity index (χ3v) is 5.79. The van der Waals surface area contributed by atoms with E-state index in [4.69, 9.17) is 4.74 Å². The SMILES string of the molecule is COc1ccc([C@@H](O)CN2CCC(N3Cc4ccccc4NC3=O)CC2)cc1. The first-order valence-corrected chi connectivity index (χ1v) is 9.84. The van der Waals surface area contributed by atoms with Crippen LogP contribution >= 0.6 is 0 Å². The summed E-state index contributed by atoms with van der Waals surface area (Å²) in [5.74, 6) is 0.790. The largest absolute Gasteiger partial charge is 0.497 e. The summed E-state index contributed by atoms with van der Waals surface area (Å²) in [5.41, 5.74) is 2.98. The highest BCUT2D eigenvalue weighted by Gasteiger charge is 2.31. The van der Waals surface area contributed by atoms with Gasteiger partial charge in [-0.2, -0.15) is 0 Å². The molecule has 1 saturated heterocycles. The molecule has 4 rings (SSSR count). The number of carbonyl (C=O) groups excluding carboxylic acids is 1. The van der Waals surface area contributed by atoms with Crippen LogP contribution in [-0.2, 0) is 6.54 Å². The summed E-state index contributed by atoms with van der Waals surface area (Å²) in [7, 11) is 1.64. The Morgan fingerprint density at radius 2 is 1.86 bits per heavy atom. The number of carbonyl (C=O) groups is 1. The lowest BCUT2D eigenvalue weighted by Gasteiger charge is -2.41. The summed E-state index contributed by atoms with van der Waals surface area (Å²) >= 11 is 0. The molecule has 1 fully saturated rings. The highest BCUT2D eigenvalue weighted by molar-refractivity contribution is 5.92. The predicted octanol–water partition coefficient (Wildman–Crippen LogP) is 3.24. The third kappa shape index (κ3) is 3.98. The van der Waals surface area contributed by atoms with Gasteiger partial charge in [0.05, 0.1) is 13.2 Å². The Kier molecular flexibility index (Phi) is 5.50. The number of amides is 2. The van der Waals surface area contributed by atoms with E-state index in [0.29, 0.717) is 13.1 Å². The van der Waals surface area contributed by atoms with E-state index in [9.17, 15) is 9.90 Å². The minimum atomic E-state index is -0.521. The Bertz CT molecular complexity index is 816. The number of methoxy groups -OCH3 is 1. The predicted molar refractivity (Wildman–Crippen MR) is 108 cm³/mol. The molecule has 0 aromatic heterocycles. The van der Waals surface area contributed by atoms with E-state index in [1.54, 1.807) is 7.11 Å². The monoisotopic (exact) mass is 381 g/mol. The lowest BCUT2D eigenvalue weighted by molar-refractivity contribution is 0.0747. The van der Waals surface area contributed by atoms with E-state index in [1.165, 1.54) is 5.56 Å². The highest BCUT2D eigenvalue weighted by atomic mass is 16.5. The molecule has 2 aromatic carbocycles. The van der Waals surface area contributed by atoms with Crippen molar-refractivity contribution in [2.24, 2.45) is 0 Å². The van der Waals surface area contributed by atoms with Gasteiger partial charge >= 0.3 is 6.03 Å². The van der Waals surface area contributed by atoms with Crippen LogP contribution in [0, 0.1) is 0 Å². The topological polar surface area (TPSA) is 65.0 Å². The average molecular weight is 381 g/mol. The second kappa shape index (κ2) is 8.20. The number of hydrogen-bond donors (Lipinski definition) is 2. The van der Waals surface area contributed by atoms with Crippen molar-refractivity contribution in [1.82, 2.24) is 9.80 Å². The summed E-state index contributed by atoms with van der Waals surface area (Å²) in [6.07, 6.45) is 1.32. The van der Waals surface area contributed by atoms with E-state index in [1.807, 2.05) is 47.4 Å². The zero-order valence-electron chi connectivity index (χ0n) is 16.2. The lowest BCUT2D eigenvalue weighted by Crippen LogP contribution is -2.50. The van der Waals surface area contributed by atoms with Crippen LogP contribution in [0.5, 0.6) is 5.75 Å². The number of likely N-dealkylation sites (tertiary alicyclic amines) is 1. The number of anilines is 1. The number of fused-ring (bicyclic) bond motifs is 1. The second-order valence-corrected chi connectivity index (χ2v) is 7.54. The molecule has 1 atom stereocenters. The summed E-state index contributed by atoms with van der Waals surface area (Å²) < 4.78 is 5.17. The number of urea groups is 1. The molecule has 2 aromatic rings. The molecular weight excluding hydrogens is 354 g/mol. The zero-order chi connectivity index (χ0) is 19.5. The van der Waals surface area contributed by atoms with Crippen LogP contribution in [0.4, 0.5) is 10.5 Å². The van der Waals surface area contributed by atoms with Gasteiger partial charge in [-0.1, -0.05) is 30.3 Å². The number of aliphatic hydroxyl groups is 1.